The number of hydrogen-bond donors (Lipinski definition) is 1. The summed E-state index contributed by atoms with van der Waals surface area (Å²) in [6.07, 6.45) is 7.61. The Morgan fingerprint density at radius 1 is 1.33 bits per heavy atom. The molecule has 1 aromatic heterocycles. The van der Waals surface area contributed by atoms with Gasteiger partial charge in [0.1, 0.15) is 5.75 Å². The molecule has 21 heavy (non-hydrogen) atoms. The van der Waals surface area contributed by atoms with E-state index in [1.165, 1.54) is 25.7 Å². The second-order valence-corrected chi connectivity index (χ2v) is 6.56. The van der Waals surface area contributed by atoms with Crippen molar-refractivity contribution < 1.29 is 4.74 Å². The van der Waals surface area contributed by atoms with E-state index in [0.717, 1.165) is 29.0 Å². The molecular weight excluding hydrogens is 262 g/mol. The lowest BCUT2D eigenvalue weighted by Gasteiger charge is -2.41. The van der Waals surface area contributed by atoms with E-state index in [4.69, 9.17) is 10.5 Å². The van der Waals surface area contributed by atoms with E-state index in [1.807, 2.05) is 13.1 Å². The number of methoxy groups -OCH3 is 1. The lowest BCUT2D eigenvalue weighted by Crippen LogP contribution is -2.56. The summed E-state index contributed by atoms with van der Waals surface area (Å²) in [7, 11) is 6.03. The zero-order valence-electron chi connectivity index (χ0n) is 14.1. The lowest BCUT2D eigenvalue weighted by atomic mass is 9.84. The second-order valence-electron chi connectivity index (χ2n) is 6.56. The third kappa shape index (κ3) is 2.92. The number of aromatic nitrogens is 1. The molecule has 118 valence electrons. The van der Waals surface area contributed by atoms with Crippen LogP contribution in [0.5, 0.6) is 5.75 Å². The van der Waals surface area contributed by atoms with Crippen molar-refractivity contribution in [3.05, 3.63) is 23.0 Å². The molecule has 0 bridgehead atoms. The molecule has 0 spiro atoms. The van der Waals surface area contributed by atoms with Crippen LogP contribution >= 0.6 is 0 Å². The maximum atomic E-state index is 6.62. The SMILES string of the molecule is COc1c(C)cnc(CC(N)C2(N(C)C)CCCC2)c1C. The molecule has 1 atom stereocenters. The van der Waals surface area contributed by atoms with Gasteiger partial charge in [0.05, 0.1) is 7.11 Å². The molecule has 0 radical (unpaired) electrons. The van der Waals surface area contributed by atoms with Crippen LogP contribution in [0.3, 0.4) is 0 Å². The largest absolute Gasteiger partial charge is 0.496 e. The van der Waals surface area contributed by atoms with Gasteiger partial charge >= 0.3 is 0 Å². The molecule has 2 N–H and O–H groups in total. The van der Waals surface area contributed by atoms with Crippen LogP contribution in [0, 0.1) is 13.8 Å². The van der Waals surface area contributed by atoms with Crippen LogP contribution in [0.4, 0.5) is 0 Å². The third-order valence-corrected chi connectivity index (χ3v) is 5.21. The molecule has 0 aromatic carbocycles. The Labute approximate surface area is 128 Å². The predicted molar refractivity (Wildman–Crippen MR) is 86.8 cm³/mol. The average Bonchev–Trinajstić information content (AvgIpc) is 2.93. The van der Waals surface area contributed by atoms with Gasteiger partial charge in [0.25, 0.3) is 0 Å². The summed E-state index contributed by atoms with van der Waals surface area (Å²) < 4.78 is 5.50. The van der Waals surface area contributed by atoms with E-state index < -0.39 is 0 Å². The first-order chi connectivity index (χ1) is 9.92. The highest BCUT2D eigenvalue weighted by Crippen LogP contribution is 2.37. The molecule has 1 unspecified atom stereocenters. The van der Waals surface area contributed by atoms with Crippen molar-refractivity contribution in [2.45, 2.75) is 57.5 Å². The normalized spacial score (nSPS) is 19.0. The number of hydrogen-bond acceptors (Lipinski definition) is 4. The fourth-order valence-corrected chi connectivity index (χ4v) is 3.81. The van der Waals surface area contributed by atoms with E-state index >= 15 is 0 Å². The maximum Gasteiger partial charge on any atom is 0.128 e. The van der Waals surface area contributed by atoms with Gasteiger partial charge in [0.15, 0.2) is 0 Å². The summed E-state index contributed by atoms with van der Waals surface area (Å²) in [5.74, 6) is 0.942. The fraction of sp³-hybridized carbons (Fsp3) is 0.706. The topological polar surface area (TPSA) is 51.4 Å². The first kappa shape index (κ1) is 16.2. The van der Waals surface area contributed by atoms with E-state index in [9.17, 15) is 0 Å². The summed E-state index contributed by atoms with van der Waals surface area (Å²) in [5, 5.41) is 0. The number of pyridine rings is 1. The van der Waals surface area contributed by atoms with Gasteiger partial charge in [-0.1, -0.05) is 12.8 Å². The van der Waals surface area contributed by atoms with Crippen molar-refractivity contribution in [1.82, 2.24) is 9.88 Å². The van der Waals surface area contributed by atoms with Crippen molar-refractivity contribution in [2.75, 3.05) is 21.2 Å². The van der Waals surface area contributed by atoms with Crippen LogP contribution in [0.2, 0.25) is 0 Å². The van der Waals surface area contributed by atoms with Gasteiger partial charge in [0, 0.05) is 41.0 Å². The zero-order valence-corrected chi connectivity index (χ0v) is 14.1. The quantitative estimate of drug-likeness (QED) is 0.905. The Kier molecular flexibility index (Phi) is 4.89. The maximum absolute atomic E-state index is 6.62. The van der Waals surface area contributed by atoms with E-state index in [1.54, 1.807) is 7.11 Å². The highest BCUT2D eigenvalue weighted by Gasteiger charge is 2.41. The van der Waals surface area contributed by atoms with Gasteiger partial charge < -0.3 is 15.4 Å². The molecule has 0 saturated heterocycles. The smallest absolute Gasteiger partial charge is 0.128 e. The molecule has 2 rings (SSSR count). The van der Waals surface area contributed by atoms with Crippen molar-refractivity contribution in [3.8, 4) is 5.75 Å². The Morgan fingerprint density at radius 2 is 1.95 bits per heavy atom. The van der Waals surface area contributed by atoms with Crippen LogP contribution in [-0.4, -0.2) is 42.7 Å². The number of nitrogens with two attached hydrogens (primary N) is 1. The standard InChI is InChI=1S/C17H29N3O/c1-12-11-19-14(13(2)16(12)21-5)10-15(18)17(20(3)4)8-6-7-9-17/h11,15H,6-10,18H2,1-5H3. The van der Waals surface area contributed by atoms with Gasteiger partial charge in [-0.2, -0.15) is 0 Å². The number of likely N-dealkylation sites (N-methyl/N-ethyl adjacent to an activating group) is 1. The number of rotatable bonds is 5. The van der Waals surface area contributed by atoms with E-state index in [2.05, 4.69) is 30.9 Å². The fourth-order valence-electron chi connectivity index (χ4n) is 3.81. The minimum Gasteiger partial charge on any atom is -0.496 e. The number of ether oxygens (including phenoxy) is 1. The van der Waals surface area contributed by atoms with E-state index in [0.29, 0.717) is 0 Å². The Balaban J connectivity index is 2.25. The summed E-state index contributed by atoms with van der Waals surface area (Å²) in [6, 6.07) is 0.105. The van der Waals surface area contributed by atoms with E-state index in [-0.39, 0.29) is 11.6 Å². The summed E-state index contributed by atoms with van der Waals surface area (Å²) in [6.45, 7) is 4.11. The molecule has 1 aromatic rings. The molecule has 1 aliphatic rings. The van der Waals surface area contributed by atoms with Crippen LogP contribution in [0.25, 0.3) is 0 Å². The molecule has 0 aliphatic heterocycles. The Morgan fingerprint density at radius 3 is 2.48 bits per heavy atom. The number of nitrogens with zero attached hydrogens (tertiary/aromatic N) is 2. The predicted octanol–water partition coefficient (Wildman–Crippen LogP) is 2.45. The summed E-state index contributed by atoms with van der Waals surface area (Å²) in [4.78, 5) is 6.93. The first-order valence-electron chi connectivity index (χ1n) is 7.84. The highest BCUT2D eigenvalue weighted by atomic mass is 16.5. The monoisotopic (exact) mass is 291 g/mol. The third-order valence-electron chi connectivity index (χ3n) is 5.21. The van der Waals surface area contributed by atoms with Crippen molar-refractivity contribution in [3.63, 3.8) is 0 Å². The first-order valence-corrected chi connectivity index (χ1v) is 7.84. The van der Waals surface area contributed by atoms with Gasteiger partial charge in [-0.15, -0.1) is 0 Å². The molecule has 0 amide bonds. The van der Waals surface area contributed by atoms with Gasteiger partial charge in [-0.05, 0) is 40.8 Å². The van der Waals surface area contributed by atoms with Crippen LogP contribution in [-0.2, 0) is 6.42 Å². The van der Waals surface area contributed by atoms with Gasteiger partial charge in [0.2, 0.25) is 0 Å². The highest BCUT2D eigenvalue weighted by molar-refractivity contribution is 5.41. The number of aryl methyl sites for hydroxylation is 1. The zero-order chi connectivity index (χ0) is 15.6. The van der Waals surface area contributed by atoms with Crippen LogP contribution in [0.15, 0.2) is 6.20 Å². The van der Waals surface area contributed by atoms with Crippen LogP contribution in [0.1, 0.15) is 42.5 Å². The minimum atomic E-state index is 0.105. The molecule has 1 fully saturated rings. The molecule has 1 saturated carbocycles. The second kappa shape index (κ2) is 6.32. The lowest BCUT2D eigenvalue weighted by molar-refractivity contribution is 0.122. The van der Waals surface area contributed by atoms with Crippen molar-refractivity contribution in [1.29, 1.82) is 0 Å². The minimum absolute atomic E-state index is 0.105. The van der Waals surface area contributed by atoms with Crippen LogP contribution < -0.4 is 10.5 Å². The Hall–Kier alpha value is -1.13. The molecule has 1 aliphatic carbocycles. The summed E-state index contributed by atoms with van der Waals surface area (Å²) >= 11 is 0. The van der Waals surface area contributed by atoms with Gasteiger partial charge in [-0.25, -0.2) is 0 Å². The van der Waals surface area contributed by atoms with Crippen molar-refractivity contribution >= 4 is 0 Å². The molecule has 4 heteroatoms. The van der Waals surface area contributed by atoms with Gasteiger partial charge in [-0.3, -0.25) is 4.98 Å². The Bertz CT molecular complexity index is 493. The molecular formula is C17H29N3O. The van der Waals surface area contributed by atoms with Crippen molar-refractivity contribution in [2.24, 2.45) is 5.73 Å². The molecule has 1 heterocycles. The average molecular weight is 291 g/mol. The molecule has 4 nitrogen and oxygen atoms in total. The summed E-state index contributed by atoms with van der Waals surface area (Å²) in [5.41, 5.74) is 10.0.